The number of rotatable bonds is 4. The largest absolute Gasteiger partial charge is 0.491 e. The molecule has 1 saturated carbocycles. The van der Waals surface area contributed by atoms with E-state index in [1.807, 2.05) is 20.8 Å². The van der Waals surface area contributed by atoms with Crippen LogP contribution in [0.5, 0.6) is 5.75 Å². The first-order valence-electron chi connectivity index (χ1n) is 6.84. The number of nitrogens with one attached hydrogen (secondary N) is 2. The Morgan fingerprint density at radius 1 is 1.20 bits per heavy atom. The molecule has 5 heteroatoms. The molecular weight excluding hydrogens is 256 g/mol. The maximum atomic E-state index is 11.8. The lowest BCUT2D eigenvalue weighted by atomic mass is 10.2. The van der Waals surface area contributed by atoms with Crippen LogP contribution in [-0.4, -0.2) is 17.9 Å². The highest BCUT2D eigenvalue weighted by molar-refractivity contribution is 5.95. The zero-order chi connectivity index (χ0) is 14.7. The molecule has 1 aromatic rings. The van der Waals surface area contributed by atoms with Crippen LogP contribution in [-0.2, 0) is 4.79 Å². The lowest BCUT2D eigenvalue weighted by Crippen LogP contribution is -2.42. The van der Waals surface area contributed by atoms with Gasteiger partial charge in [0.15, 0.2) is 0 Å². The molecular formula is C15H20N2O3. The van der Waals surface area contributed by atoms with Crippen LogP contribution in [0, 0.1) is 11.8 Å². The molecule has 0 saturated heterocycles. The van der Waals surface area contributed by atoms with Crippen LogP contribution in [0.1, 0.15) is 37.6 Å². The van der Waals surface area contributed by atoms with Crippen molar-refractivity contribution < 1.29 is 14.3 Å². The zero-order valence-electron chi connectivity index (χ0n) is 12.0. The van der Waals surface area contributed by atoms with Crippen LogP contribution in [0.15, 0.2) is 24.3 Å². The second-order valence-electron chi connectivity index (χ2n) is 5.45. The number of benzene rings is 1. The van der Waals surface area contributed by atoms with Crippen LogP contribution in [0.3, 0.4) is 0 Å². The summed E-state index contributed by atoms with van der Waals surface area (Å²) in [5.74, 6) is 0.720. The van der Waals surface area contributed by atoms with Crippen molar-refractivity contribution in [1.29, 1.82) is 0 Å². The molecule has 2 rings (SSSR count). The van der Waals surface area contributed by atoms with E-state index in [9.17, 15) is 9.59 Å². The van der Waals surface area contributed by atoms with Gasteiger partial charge < -0.3 is 4.74 Å². The number of hydrogen-bond acceptors (Lipinski definition) is 3. The molecule has 1 aliphatic rings. The van der Waals surface area contributed by atoms with Crippen LogP contribution < -0.4 is 15.6 Å². The summed E-state index contributed by atoms with van der Waals surface area (Å²) in [4.78, 5) is 23.4. The van der Waals surface area contributed by atoms with Gasteiger partial charge in [-0.3, -0.25) is 20.4 Å². The van der Waals surface area contributed by atoms with Crippen molar-refractivity contribution in [2.45, 2.75) is 33.3 Å². The Morgan fingerprint density at radius 3 is 2.30 bits per heavy atom. The standard InChI is InChI=1S/C15H20N2O3/c1-9(2)20-12-6-4-11(5-7-12)14(18)16-17-15(19)13-8-10(13)3/h4-7,9-10,13H,8H2,1-3H3,(H,16,18)(H,17,19)/t10-,13-/m1/s1. The molecule has 1 aromatic carbocycles. The van der Waals surface area contributed by atoms with Crippen molar-refractivity contribution in [2.75, 3.05) is 0 Å². The van der Waals surface area contributed by atoms with Crippen molar-refractivity contribution in [3.05, 3.63) is 29.8 Å². The fourth-order valence-corrected chi connectivity index (χ4v) is 1.93. The van der Waals surface area contributed by atoms with Gasteiger partial charge in [-0.05, 0) is 50.5 Å². The predicted octanol–water partition coefficient (Wildman–Crippen LogP) is 1.89. The quantitative estimate of drug-likeness (QED) is 0.825. The molecule has 0 spiro atoms. The molecule has 2 N–H and O–H groups in total. The summed E-state index contributed by atoms with van der Waals surface area (Å²) >= 11 is 0. The van der Waals surface area contributed by atoms with E-state index in [1.165, 1.54) is 0 Å². The lowest BCUT2D eigenvalue weighted by Gasteiger charge is -2.10. The van der Waals surface area contributed by atoms with E-state index in [1.54, 1.807) is 24.3 Å². The smallest absolute Gasteiger partial charge is 0.269 e. The molecule has 0 heterocycles. The first-order chi connectivity index (χ1) is 9.47. The molecule has 0 bridgehead atoms. The van der Waals surface area contributed by atoms with E-state index >= 15 is 0 Å². The Kier molecular flexibility index (Phi) is 4.27. The van der Waals surface area contributed by atoms with Gasteiger partial charge >= 0.3 is 0 Å². The van der Waals surface area contributed by atoms with E-state index in [4.69, 9.17) is 4.74 Å². The third kappa shape index (κ3) is 3.73. The van der Waals surface area contributed by atoms with Gasteiger partial charge in [-0.25, -0.2) is 0 Å². The van der Waals surface area contributed by atoms with Gasteiger partial charge in [0, 0.05) is 11.5 Å². The second kappa shape index (κ2) is 5.94. The van der Waals surface area contributed by atoms with E-state index in [0.717, 1.165) is 6.42 Å². The number of ether oxygens (including phenoxy) is 1. The maximum Gasteiger partial charge on any atom is 0.269 e. The first kappa shape index (κ1) is 14.4. The average Bonchev–Trinajstić information content (AvgIpc) is 3.13. The monoisotopic (exact) mass is 276 g/mol. The number of hydrazine groups is 1. The highest BCUT2D eigenvalue weighted by Gasteiger charge is 2.39. The summed E-state index contributed by atoms with van der Waals surface area (Å²) in [5, 5.41) is 0. The summed E-state index contributed by atoms with van der Waals surface area (Å²) in [6.07, 6.45) is 0.984. The van der Waals surface area contributed by atoms with Crippen LogP contribution in [0.2, 0.25) is 0 Å². The van der Waals surface area contributed by atoms with Gasteiger partial charge in [0.25, 0.3) is 5.91 Å². The SMILES string of the molecule is CC(C)Oc1ccc(C(=O)NNC(=O)[C@@H]2C[C@H]2C)cc1. The normalized spacial score (nSPS) is 20.4. The summed E-state index contributed by atoms with van der Waals surface area (Å²) in [5.41, 5.74) is 5.35. The molecule has 0 unspecified atom stereocenters. The van der Waals surface area contributed by atoms with Gasteiger partial charge in [-0.1, -0.05) is 6.92 Å². The molecule has 0 aliphatic heterocycles. The molecule has 108 valence electrons. The minimum absolute atomic E-state index is 0.0390. The predicted molar refractivity (Wildman–Crippen MR) is 75.1 cm³/mol. The van der Waals surface area contributed by atoms with Crippen LogP contribution in [0.25, 0.3) is 0 Å². The maximum absolute atomic E-state index is 11.8. The highest BCUT2D eigenvalue weighted by atomic mass is 16.5. The molecule has 20 heavy (non-hydrogen) atoms. The summed E-state index contributed by atoms with van der Waals surface area (Å²) < 4.78 is 5.50. The third-order valence-corrected chi connectivity index (χ3v) is 3.23. The second-order valence-corrected chi connectivity index (χ2v) is 5.45. The minimum Gasteiger partial charge on any atom is -0.491 e. The lowest BCUT2D eigenvalue weighted by molar-refractivity contribution is -0.123. The Bertz CT molecular complexity index is 496. The highest BCUT2D eigenvalue weighted by Crippen LogP contribution is 2.37. The van der Waals surface area contributed by atoms with Crippen molar-refractivity contribution >= 4 is 11.8 Å². The number of carbonyl (C=O) groups excluding carboxylic acids is 2. The third-order valence-electron chi connectivity index (χ3n) is 3.23. The van der Waals surface area contributed by atoms with E-state index in [0.29, 0.717) is 17.2 Å². The summed E-state index contributed by atoms with van der Waals surface area (Å²) in [7, 11) is 0. The average molecular weight is 276 g/mol. The van der Waals surface area contributed by atoms with E-state index in [-0.39, 0.29) is 23.8 Å². The first-order valence-corrected chi connectivity index (χ1v) is 6.84. The van der Waals surface area contributed by atoms with Gasteiger partial charge in [-0.15, -0.1) is 0 Å². The zero-order valence-corrected chi connectivity index (χ0v) is 12.0. The molecule has 1 fully saturated rings. The van der Waals surface area contributed by atoms with Crippen LogP contribution in [0.4, 0.5) is 0 Å². The molecule has 2 amide bonds. The Labute approximate surface area is 118 Å². The van der Waals surface area contributed by atoms with Crippen molar-refractivity contribution in [3.63, 3.8) is 0 Å². The fraction of sp³-hybridized carbons (Fsp3) is 0.467. The number of hydrogen-bond donors (Lipinski definition) is 2. The number of amides is 2. The van der Waals surface area contributed by atoms with E-state index < -0.39 is 0 Å². The Morgan fingerprint density at radius 2 is 1.80 bits per heavy atom. The Balaban J connectivity index is 1.84. The van der Waals surface area contributed by atoms with Gasteiger partial charge in [-0.2, -0.15) is 0 Å². The molecule has 0 aromatic heterocycles. The fourth-order valence-electron chi connectivity index (χ4n) is 1.93. The van der Waals surface area contributed by atoms with Crippen molar-refractivity contribution in [3.8, 4) is 5.75 Å². The summed E-state index contributed by atoms with van der Waals surface area (Å²) in [6, 6.07) is 6.80. The molecule has 0 radical (unpaired) electrons. The van der Waals surface area contributed by atoms with Crippen molar-refractivity contribution in [1.82, 2.24) is 10.9 Å². The topological polar surface area (TPSA) is 67.4 Å². The molecule has 2 atom stereocenters. The van der Waals surface area contributed by atoms with E-state index in [2.05, 4.69) is 10.9 Å². The number of carbonyl (C=O) groups is 2. The van der Waals surface area contributed by atoms with Gasteiger partial charge in [0.1, 0.15) is 5.75 Å². The van der Waals surface area contributed by atoms with Gasteiger partial charge in [0.05, 0.1) is 6.10 Å². The van der Waals surface area contributed by atoms with Crippen molar-refractivity contribution in [2.24, 2.45) is 11.8 Å². The molecule has 1 aliphatic carbocycles. The summed E-state index contributed by atoms with van der Waals surface area (Å²) in [6.45, 7) is 5.89. The Hall–Kier alpha value is -2.04. The van der Waals surface area contributed by atoms with Gasteiger partial charge in [0.2, 0.25) is 5.91 Å². The van der Waals surface area contributed by atoms with Crippen LogP contribution >= 0.6 is 0 Å². The minimum atomic E-state index is -0.331. The molecule has 5 nitrogen and oxygen atoms in total.